The first-order valence-electron chi connectivity index (χ1n) is 9.71. The van der Waals surface area contributed by atoms with Crippen LogP contribution in [0.25, 0.3) is 0 Å². The van der Waals surface area contributed by atoms with Crippen LogP contribution in [0.3, 0.4) is 0 Å². The zero-order valence-corrected chi connectivity index (χ0v) is 17.0. The van der Waals surface area contributed by atoms with Crippen molar-refractivity contribution in [1.82, 2.24) is 4.31 Å². The molecule has 2 aromatic rings. The fraction of sp³-hybridized carbons (Fsp3) is 0.381. The van der Waals surface area contributed by atoms with Crippen LogP contribution < -0.4 is 5.32 Å². The van der Waals surface area contributed by atoms with Gasteiger partial charge in [0.15, 0.2) is 0 Å². The van der Waals surface area contributed by atoms with E-state index in [4.69, 9.17) is 0 Å². The molecule has 1 amide bonds. The van der Waals surface area contributed by atoms with Crippen LogP contribution in [0.5, 0.6) is 0 Å². The number of carbonyl (C=O) groups is 1. The van der Waals surface area contributed by atoms with E-state index in [-0.39, 0.29) is 22.2 Å². The second kappa shape index (κ2) is 9.00. The van der Waals surface area contributed by atoms with Gasteiger partial charge in [-0.1, -0.05) is 26.2 Å². The number of sulfonamides is 1. The molecule has 1 saturated carbocycles. The minimum atomic E-state index is -3.66. The molecule has 0 aliphatic heterocycles. The summed E-state index contributed by atoms with van der Waals surface area (Å²) >= 11 is 0. The van der Waals surface area contributed by atoms with Crippen molar-refractivity contribution < 1.29 is 22.0 Å². The molecule has 1 fully saturated rings. The number of benzene rings is 2. The molecule has 0 aromatic heterocycles. The number of nitrogens with one attached hydrogen (secondary N) is 1. The smallest absolute Gasteiger partial charge is 0.255 e. The second-order valence-electron chi connectivity index (χ2n) is 7.10. The Hall–Kier alpha value is -2.32. The highest BCUT2D eigenvalue weighted by Gasteiger charge is 2.31. The summed E-state index contributed by atoms with van der Waals surface area (Å²) in [6, 6.07) is 8.40. The van der Waals surface area contributed by atoms with E-state index >= 15 is 0 Å². The number of halogens is 2. The van der Waals surface area contributed by atoms with Gasteiger partial charge in [-0.15, -0.1) is 0 Å². The van der Waals surface area contributed by atoms with Gasteiger partial charge < -0.3 is 5.32 Å². The SMILES string of the molecule is CCN(C1CCCCC1)S(=O)(=O)c1ccc(C(=O)Nc2ccc(F)cc2F)cc1. The number of nitrogens with zero attached hydrogens (tertiary/aromatic N) is 1. The summed E-state index contributed by atoms with van der Waals surface area (Å²) in [5, 5.41) is 2.36. The van der Waals surface area contributed by atoms with Crippen LogP contribution in [0.2, 0.25) is 0 Å². The van der Waals surface area contributed by atoms with Gasteiger partial charge in [-0.3, -0.25) is 4.79 Å². The van der Waals surface area contributed by atoms with Crippen molar-refractivity contribution in [2.24, 2.45) is 0 Å². The average molecular weight is 422 g/mol. The highest BCUT2D eigenvalue weighted by molar-refractivity contribution is 7.89. The fourth-order valence-electron chi connectivity index (χ4n) is 3.69. The molecule has 0 radical (unpaired) electrons. The molecule has 0 bridgehead atoms. The first-order chi connectivity index (χ1) is 13.8. The molecule has 1 N–H and O–H groups in total. The minimum Gasteiger partial charge on any atom is -0.319 e. The monoisotopic (exact) mass is 422 g/mol. The number of hydrogen-bond acceptors (Lipinski definition) is 3. The van der Waals surface area contributed by atoms with Crippen LogP contribution in [-0.4, -0.2) is 31.2 Å². The number of anilines is 1. The predicted octanol–water partition coefficient (Wildman–Crippen LogP) is 4.56. The van der Waals surface area contributed by atoms with Gasteiger partial charge in [-0.25, -0.2) is 17.2 Å². The molecule has 0 spiro atoms. The van der Waals surface area contributed by atoms with Gasteiger partial charge in [0, 0.05) is 24.2 Å². The van der Waals surface area contributed by atoms with Crippen molar-refractivity contribution in [2.45, 2.75) is 50.0 Å². The maximum atomic E-state index is 13.7. The zero-order chi connectivity index (χ0) is 21.0. The average Bonchev–Trinajstić information content (AvgIpc) is 2.71. The predicted molar refractivity (Wildman–Crippen MR) is 107 cm³/mol. The Labute approximate surface area is 169 Å². The highest BCUT2D eigenvalue weighted by Crippen LogP contribution is 2.28. The van der Waals surface area contributed by atoms with Crippen molar-refractivity contribution in [1.29, 1.82) is 0 Å². The van der Waals surface area contributed by atoms with E-state index in [0.29, 0.717) is 12.6 Å². The summed E-state index contributed by atoms with van der Waals surface area (Å²) in [5.41, 5.74) is 0.0240. The van der Waals surface area contributed by atoms with Crippen LogP contribution in [0.15, 0.2) is 47.4 Å². The molecule has 0 unspecified atom stereocenters. The van der Waals surface area contributed by atoms with Crippen LogP contribution >= 0.6 is 0 Å². The molecular formula is C21H24F2N2O3S. The summed E-state index contributed by atoms with van der Waals surface area (Å²) in [6.07, 6.45) is 4.89. The van der Waals surface area contributed by atoms with Gasteiger partial charge in [-0.05, 0) is 49.2 Å². The first kappa shape index (κ1) is 21.4. The number of hydrogen-bond donors (Lipinski definition) is 1. The molecule has 2 aromatic carbocycles. The lowest BCUT2D eigenvalue weighted by molar-refractivity contribution is 0.102. The van der Waals surface area contributed by atoms with E-state index < -0.39 is 27.6 Å². The van der Waals surface area contributed by atoms with E-state index in [9.17, 15) is 22.0 Å². The van der Waals surface area contributed by atoms with Gasteiger partial charge >= 0.3 is 0 Å². The Morgan fingerprint density at radius 2 is 1.72 bits per heavy atom. The van der Waals surface area contributed by atoms with Gasteiger partial charge in [-0.2, -0.15) is 4.31 Å². The van der Waals surface area contributed by atoms with Crippen LogP contribution in [0, 0.1) is 11.6 Å². The summed E-state index contributed by atoms with van der Waals surface area (Å²) < 4.78 is 54.3. The molecule has 156 valence electrons. The lowest BCUT2D eigenvalue weighted by Gasteiger charge is -2.32. The van der Waals surface area contributed by atoms with E-state index in [1.165, 1.54) is 28.6 Å². The third-order valence-corrected chi connectivity index (χ3v) is 7.24. The minimum absolute atomic E-state index is 0.00294. The summed E-state index contributed by atoms with van der Waals surface area (Å²) in [6.45, 7) is 2.21. The van der Waals surface area contributed by atoms with E-state index in [2.05, 4.69) is 5.32 Å². The topological polar surface area (TPSA) is 66.5 Å². The Bertz CT molecular complexity index is 972. The molecular weight excluding hydrogens is 398 g/mol. The Morgan fingerprint density at radius 1 is 1.07 bits per heavy atom. The van der Waals surface area contributed by atoms with Crippen molar-refractivity contribution in [3.8, 4) is 0 Å². The standard InChI is InChI=1S/C21H24F2N2O3S/c1-2-25(17-6-4-3-5-7-17)29(27,28)18-11-8-15(9-12-18)21(26)24-20-13-10-16(22)14-19(20)23/h8-14,17H,2-7H2,1H3,(H,24,26). The van der Waals surface area contributed by atoms with Crippen molar-refractivity contribution in [2.75, 3.05) is 11.9 Å². The van der Waals surface area contributed by atoms with Gasteiger partial charge in [0.1, 0.15) is 11.6 Å². The lowest BCUT2D eigenvalue weighted by Crippen LogP contribution is -2.41. The van der Waals surface area contributed by atoms with E-state index in [0.717, 1.165) is 44.2 Å². The van der Waals surface area contributed by atoms with E-state index in [1.54, 1.807) is 0 Å². The molecule has 8 heteroatoms. The molecule has 3 rings (SSSR count). The molecule has 1 aliphatic carbocycles. The van der Waals surface area contributed by atoms with E-state index in [1.807, 2.05) is 6.92 Å². The Balaban J connectivity index is 1.76. The fourth-order valence-corrected chi connectivity index (χ4v) is 5.39. The summed E-state index contributed by atoms with van der Waals surface area (Å²) in [4.78, 5) is 12.4. The number of carbonyl (C=O) groups excluding carboxylic acids is 1. The molecule has 29 heavy (non-hydrogen) atoms. The Morgan fingerprint density at radius 3 is 2.31 bits per heavy atom. The highest BCUT2D eigenvalue weighted by atomic mass is 32.2. The summed E-state index contributed by atoms with van der Waals surface area (Å²) in [5.74, 6) is -2.24. The van der Waals surface area contributed by atoms with Crippen molar-refractivity contribution >= 4 is 21.6 Å². The second-order valence-corrected chi connectivity index (χ2v) is 8.99. The largest absolute Gasteiger partial charge is 0.319 e. The molecule has 0 saturated heterocycles. The maximum Gasteiger partial charge on any atom is 0.255 e. The molecule has 0 heterocycles. The van der Waals surface area contributed by atoms with Crippen LogP contribution in [0.1, 0.15) is 49.4 Å². The molecule has 0 atom stereocenters. The van der Waals surface area contributed by atoms with Gasteiger partial charge in [0.05, 0.1) is 10.6 Å². The normalized spacial score (nSPS) is 15.4. The summed E-state index contributed by atoms with van der Waals surface area (Å²) in [7, 11) is -3.66. The van der Waals surface area contributed by atoms with Crippen molar-refractivity contribution in [3.63, 3.8) is 0 Å². The third-order valence-electron chi connectivity index (χ3n) is 5.20. The molecule has 1 aliphatic rings. The third kappa shape index (κ3) is 4.82. The van der Waals surface area contributed by atoms with Crippen molar-refractivity contribution in [3.05, 3.63) is 59.7 Å². The number of rotatable bonds is 6. The van der Waals surface area contributed by atoms with Crippen LogP contribution in [0.4, 0.5) is 14.5 Å². The molecule has 5 nitrogen and oxygen atoms in total. The first-order valence-corrected chi connectivity index (χ1v) is 11.1. The van der Waals surface area contributed by atoms with Crippen LogP contribution in [-0.2, 0) is 10.0 Å². The zero-order valence-electron chi connectivity index (χ0n) is 16.2. The number of amides is 1. The maximum absolute atomic E-state index is 13.7. The Kier molecular flexibility index (Phi) is 6.64. The van der Waals surface area contributed by atoms with Gasteiger partial charge in [0.2, 0.25) is 10.0 Å². The van der Waals surface area contributed by atoms with Gasteiger partial charge in [0.25, 0.3) is 5.91 Å². The quantitative estimate of drug-likeness (QED) is 0.742. The lowest BCUT2D eigenvalue weighted by atomic mass is 9.95.